The number of H-pyrrole nitrogens is 1. The molecule has 4 rings (SSSR count). The number of carbonyl (C=O) groups is 3. The second kappa shape index (κ2) is 9.59. The first kappa shape index (κ1) is 23.4. The van der Waals surface area contributed by atoms with Gasteiger partial charge in [-0.1, -0.05) is 6.07 Å². The maximum atomic E-state index is 12.3. The number of carbonyl (C=O) groups excluding carboxylic acids is 3. The smallest absolute Gasteiger partial charge is 0.330 e. The fourth-order valence-electron chi connectivity index (χ4n) is 3.87. The summed E-state index contributed by atoms with van der Waals surface area (Å²) in [6.45, 7) is 0.139. The van der Waals surface area contributed by atoms with Gasteiger partial charge in [0.15, 0.2) is 6.23 Å². The summed E-state index contributed by atoms with van der Waals surface area (Å²) >= 11 is 0. The summed E-state index contributed by atoms with van der Waals surface area (Å²) in [4.78, 5) is 61.3. The Bertz CT molecular complexity index is 1240. The van der Waals surface area contributed by atoms with E-state index in [2.05, 4.69) is 16.0 Å². The molecule has 3 heterocycles. The zero-order chi connectivity index (χ0) is 24.4. The summed E-state index contributed by atoms with van der Waals surface area (Å²) in [6.07, 6.45) is -4.27. The molecule has 34 heavy (non-hydrogen) atoms. The highest BCUT2D eigenvalue weighted by Gasteiger charge is 2.44. The topological polar surface area (TPSA) is 192 Å². The van der Waals surface area contributed by atoms with Gasteiger partial charge in [-0.2, -0.15) is 0 Å². The van der Waals surface area contributed by atoms with E-state index >= 15 is 0 Å². The van der Waals surface area contributed by atoms with Crippen LogP contribution in [0.25, 0.3) is 0 Å². The molecule has 2 aliphatic heterocycles. The molecule has 3 amide bonds. The van der Waals surface area contributed by atoms with Crippen molar-refractivity contribution in [1.29, 1.82) is 0 Å². The number of aliphatic hydroxyl groups is 2. The molecule has 1 saturated heterocycles. The molecule has 2 aliphatic rings. The number of hydrogen-bond acceptors (Lipinski definition) is 8. The number of nitrogens with one attached hydrogen (secondary N) is 4. The Labute approximate surface area is 191 Å². The normalized spacial score (nSPS) is 23.3. The van der Waals surface area contributed by atoms with E-state index in [1.54, 1.807) is 18.2 Å². The average molecular weight is 473 g/mol. The van der Waals surface area contributed by atoms with Crippen molar-refractivity contribution in [2.45, 2.75) is 43.9 Å². The van der Waals surface area contributed by atoms with Crippen molar-refractivity contribution in [3.63, 3.8) is 0 Å². The standard InChI is InChI=1S/C21H23N5O8/c27-14(4-5-15(28)24-12-3-1-2-10-11(12)8-23-19(10)32)22-9-13-17(30)18(31)20(34-13)26-7-6-16(29)25-21(26)33/h1-3,6-7,13,17-18,20,30-31H,4-5,8-9H2,(H,22,27)(H,23,32)(H,24,28)(H,25,29,33). The van der Waals surface area contributed by atoms with E-state index in [0.29, 0.717) is 23.4 Å². The van der Waals surface area contributed by atoms with Gasteiger partial charge < -0.3 is 30.9 Å². The molecule has 0 aliphatic carbocycles. The SMILES string of the molecule is O=C(CCC(=O)Nc1cccc2c1CNC2=O)NCC1OC(n2ccc(=O)[nH]c2=O)C(O)C1O. The Morgan fingerprint density at radius 1 is 1.09 bits per heavy atom. The third-order valence-corrected chi connectivity index (χ3v) is 5.66. The molecule has 0 radical (unpaired) electrons. The van der Waals surface area contributed by atoms with E-state index in [1.165, 1.54) is 0 Å². The maximum absolute atomic E-state index is 12.3. The van der Waals surface area contributed by atoms with Crippen molar-refractivity contribution in [2.24, 2.45) is 0 Å². The summed E-state index contributed by atoms with van der Waals surface area (Å²) in [7, 11) is 0. The first-order valence-electron chi connectivity index (χ1n) is 10.5. The third-order valence-electron chi connectivity index (χ3n) is 5.66. The lowest BCUT2D eigenvalue weighted by Crippen LogP contribution is -2.40. The molecule has 4 atom stereocenters. The molecule has 13 heteroatoms. The second-order valence-corrected chi connectivity index (χ2v) is 7.93. The Balaban J connectivity index is 1.26. The minimum absolute atomic E-state index is 0.122. The lowest BCUT2D eigenvalue weighted by Gasteiger charge is -2.16. The predicted molar refractivity (Wildman–Crippen MR) is 116 cm³/mol. The van der Waals surface area contributed by atoms with Gasteiger partial charge in [-0.3, -0.25) is 28.7 Å². The lowest BCUT2D eigenvalue weighted by molar-refractivity contribution is -0.125. The molecule has 4 unspecified atom stereocenters. The molecule has 1 aromatic heterocycles. The van der Waals surface area contributed by atoms with Gasteiger partial charge in [-0.25, -0.2) is 4.79 Å². The van der Waals surface area contributed by atoms with Crippen LogP contribution < -0.4 is 27.2 Å². The van der Waals surface area contributed by atoms with Gasteiger partial charge in [0.2, 0.25) is 11.8 Å². The number of benzene rings is 1. The largest absolute Gasteiger partial charge is 0.387 e. The first-order chi connectivity index (χ1) is 16.2. The second-order valence-electron chi connectivity index (χ2n) is 7.93. The zero-order valence-electron chi connectivity index (χ0n) is 17.8. The van der Waals surface area contributed by atoms with Gasteiger partial charge in [0.05, 0.1) is 0 Å². The molecule has 1 fully saturated rings. The van der Waals surface area contributed by atoms with Gasteiger partial charge in [0.1, 0.15) is 18.3 Å². The molecule has 13 nitrogen and oxygen atoms in total. The number of amides is 3. The van der Waals surface area contributed by atoms with Crippen LogP contribution in [0.1, 0.15) is 35.0 Å². The minimum atomic E-state index is -1.47. The van der Waals surface area contributed by atoms with Gasteiger partial charge in [-0.05, 0) is 12.1 Å². The molecule has 0 bridgehead atoms. The van der Waals surface area contributed by atoms with E-state index < -0.39 is 47.6 Å². The highest BCUT2D eigenvalue weighted by atomic mass is 16.6. The van der Waals surface area contributed by atoms with Crippen LogP contribution in [0.3, 0.4) is 0 Å². The molecule has 6 N–H and O–H groups in total. The van der Waals surface area contributed by atoms with Crippen LogP contribution in [-0.4, -0.2) is 62.3 Å². The van der Waals surface area contributed by atoms with Gasteiger partial charge in [0.25, 0.3) is 11.5 Å². The monoisotopic (exact) mass is 473 g/mol. The zero-order valence-corrected chi connectivity index (χ0v) is 17.8. The molecule has 180 valence electrons. The van der Waals surface area contributed by atoms with Gasteiger partial charge in [0, 0.05) is 55.0 Å². The molecule has 2 aromatic rings. The molecule has 1 aromatic carbocycles. The number of fused-ring (bicyclic) bond motifs is 1. The Morgan fingerprint density at radius 3 is 2.62 bits per heavy atom. The third kappa shape index (κ3) is 4.76. The van der Waals surface area contributed by atoms with Crippen LogP contribution in [0.4, 0.5) is 5.69 Å². The van der Waals surface area contributed by atoms with E-state index in [-0.39, 0.29) is 25.3 Å². The number of aromatic nitrogens is 2. The lowest BCUT2D eigenvalue weighted by atomic mass is 10.1. The van der Waals surface area contributed by atoms with Crippen molar-refractivity contribution in [3.8, 4) is 0 Å². The summed E-state index contributed by atoms with van der Waals surface area (Å²) < 4.78 is 6.45. The van der Waals surface area contributed by atoms with Gasteiger partial charge >= 0.3 is 5.69 Å². The van der Waals surface area contributed by atoms with E-state index in [9.17, 15) is 34.2 Å². The minimum Gasteiger partial charge on any atom is -0.387 e. The number of anilines is 1. The van der Waals surface area contributed by atoms with Crippen molar-refractivity contribution in [1.82, 2.24) is 20.2 Å². The number of nitrogens with zero attached hydrogens (tertiary/aromatic N) is 1. The van der Waals surface area contributed by atoms with E-state index in [1.807, 2.05) is 4.98 Å². The molecular weight excluding hydrogens is 450 g/mol. The van der Waals surface area contributed by atoms with Crippen molar-refractivity contribution in [3.05, 3.63) is 62.4 Å². The Hall–Kier alpha value is -3.81. The fraction of sp³-hybridized carbons (Fsp3) is 0.381. The van der Waals surface area contributed by atoms with Gasteiger partial charge in [-0.15, -0.1) is 0 Å². The number of ether oxygens (including phenoxy) is 1. The maximum Gasteiger partial charge on any atom is 0.330 e. The number of aliphatic hydroxyl groups excluding tert-OH is 2. The number of hydrogen-bond donors (Lipinski definition) is 6. The molecule has 0 spiro atoms. The molecular formula is C21H23N5O8. The van der Waals surface area contributed by atoms with Crippen LogP contribution in [-0.2, 0) is 20.9 Å². The van der Waals surface area contributed by atoms with Crippen molar-refractivity contribution in [2.75, 3.05) is 11.9 Å². The number of aromatic amines is 1. The predicted octanol–water partition coefficient (Wildman–Crippen LogP) is -2.07. The summed E-state index contributed by atoms with van der Waals surface area (Å²) in [5.74, 6) is -1.10. The number of rotatable bonds is 7. The van der Waals surface area contributed by atoms with Crippen molar-refractivity contribution >= 4 is 23.4 Å². The van der Waals surface area contributed by atoms with Crippen LogP contribution >= 0.6 is 0 Å². The summed E-state index contributed by atoms with van der Waals surface area (Å²) in [5, 5.41) is 28.3. The summed E-state index contributed by atoms with van der Waals surface area (Å²) in [6, 6.07) is 6.06. The van der Waals surface area contributed by atoms with Crippen LogP contribution in [0.15, 0.2) is 40.1 Å². The van der Waals surface area contributed by atoms with Crippen LogP contribution in [0.2, 0.25) is 0 Å². The van der Waals surface area contributed by atoms with Crippen molar-refractivity contribution < 1.29 is 29.3 Å². The quantitative estimate of drug-likeness (QED) is 0.264. The highest BCUT2D eigenvalue weighted by Crippen LogP contribution is 2.28. The average Bonchev–Trinajstić information content (AvgIpc) is 3.32. The fourth-order valence-corrected chi connectivity index (χ4v) is 3.87. The molecule has 0 saturated carbocycles. The van der Waals surface area contributed by atoms with Crippen LogP contribution in [0.5, 0.6) is 0 Å². The Morgan fingerprint density at radius 2 is 1.85 bits per heavy atom. The van der Waals surface area contributed by atoms with Crippen LogP contribution in [0, 0.1) is 0 Å². The van der Waals surface area contributed by atoms with E-state index in [0.717, 1.165) is 16.8 Å². The first-order valence-corrected chi connectivity index (χ1v) is 10.5. The highest BCUT2D eigenvalue weighted by molar-refractivity contribution is 6.02. The van der Waals surface area contributed by atoms with E-state index in [4.69, 9.17) is 4.74 Å². The summed E-state index contributed by atoms with van der Waals surface area (Å²) in [5.41, 5.74) is 0.247. The Kier molecular flexibility index (Phi) is 6.58.